The molecular weight excluding hydrogens is 727 g/mol. The first kappa shape index (κ1) is 35.5. The topological polar surface area (TPSA) is 30.7 Å². The second-order valence-electron chi connectivity index (χ2n) is 15.8. The summed E-state index contributed by atoms with van der Waals surface area (Å²) in [7, 11) is 0. The van der Waals surface area contributed by atoms with E-state index in [2.05, 4.69) is 199 Å². The molecule has 11 rings (SSSR count). The van der Waals surface area contributed by atoms with Gasteiger partial charge in [-0.05, 0) is 139 Å². The van der Waals surface area contributed by atoms with Gasteiger partial charge in [-0.15, -0.1) is 0 Å². The number of pyridine rings is 2. The molecule has 3 aromatic heterocycles. The van der Waals surface area contributed by atoms with E-state index in [1.54, 1.807) is 0 Å². The molecule has 0 aliphatic carbocycles. The van der Waals surface area contributed by atoms with Gasteiger partial charge in [-0.1, -0.05) is 134 Å². The van der Waals surface area contributed by atoms with Gasteiger partial charge < -0.3 is 4.57 Å². The molecule has 11 aromatic rings. The smallest absolute Gasteiger partial charge is 0.0571 e. The van der Waals surface area contributed by atoms with Crippen LogP contribution in [0.2, 0.25) is 0 Å². The third-order valence-corrected chi connectivity index (χ3v) is 12.3. The fourth-order valence-electron chi connectivity index (χ4n) is 9.30. The molecule has 0 unspecified atom stereocenters. The van der Waals surface area contributed by atoms with Gasteiger partial charge in [0, 0.05) is 52.4 Å². The number of aryl methyl sites for hydroxylation is 1. The minimum absolute atomic E-state index is 0.892. The zero-order valence-electron chi connectivity index (χ0n) is 33.6. The van der Waals surface area contributed by atoms with Crippen molar-refractivity contribution in [2.75, 3.05) is 0 Å². The summed E-state index contributed by atoms with van der Waals surface area (Å²) in [4.78, 5) is 9.40. The number of aromatic nitrogens is 3. The maximum atomic E-state index is 4.87. The number of allylic oxidation sites excluding steroid dienone is 1. The lowest BCUT2D eigenvalue weighted by Gasteiger charge is -2.20. The summed E-state index contributed by atoms with van der Waals surface area (Å²) in [5, 5.41) is 9.78. The van der Waals surface area contributed by atoms with Crippen LogP contribution >= 0.6 is 0 Å². The summed E-state index contributed by atoms with van der Waals surface area (Å²) in [5.41, 5.74) is 15.4. The van der Waals surface area contributed by atoms with Crippen molar-refractivity contribution in [3.8, 4) is 39.1 Å². The Morgan fingerprint density at radius 2 is 1.15 bits per heavy atom. The molecule has 0 aliphatic rings. The highest BCUT2D eigenvalue weighted by Gasteiger charge is 2.20. The number of benzene rings is 8. The lowest BCUT2D eigenvalue weighted by atomic mass is 9.83. The first-order valence-electron chi connectivity index (χ1n) is 20.8. The van der Waals surface area contributed by atoms with Gasteiger partial charge in [-0.25, -0.2) is 0 Å². The number of para-hydroxylation sites is 1. The molecule has 0 bridgehead atoms. The van der Waals surface area contributed by atoms with Crippen LogP contribution in [-0.4, -0.2) is 14.5 Å². The van der Waals surface area contributed by atoms with E-state index in [1.165, 1.54) is 71.1 Å². The first-order chi connectivity index (χ1) is 29.6. The Kier molecular flexibility index (Phi) is 8.67. The number of nitrogens with zero attached hydrogens (tertiary/aromatic N) is 3. The van der Waals surface area contributed by atoms with Crippen LogP contribution in [0, 0.1) is 6.92 Å². The van der Waals surface area contributed by atoms with Crippen LogP contribution in [0.25, 0.3) is 105 Å². The van der Waals surface area contributed by atoms with E-state index in [0.29, 0.717) is 0 Å². The highest BCUT2D eigenvalue weighted by Crippen LogP contribution is 2.45. The van der Waals surface area contributed by atoms with E-state index in [9.17, 15) is 0 Å². The largest absolute Gasteiger partial charge is 0.309 e. The third-order valence-electron chi connectivity index (χ3n) is 12.3. The molecular formula is C57H41N3. The summed E-state index contributed by atoms with van der Waals surface area (Å²) in [6, 6.07) is 61.9. The lowest BCUT2D eigenvalue weighted by molar-refractivity contribution is 1.17. The predicted molar refractivity (Wildman–Crippen MR) is 255 cm³/mol. The van der Waals surface area contributed by atoms with E-state index in [1.807, 2.05) is 24.8 Å². The molecule has 0 atom stereocenters. The molecule has 3 heterocycles. The summed E-state index contributed by atoms with van der Waals surface area (Å²) >= 11 is 0. The number of hydrogen-bond acceptors (Lipinski definition) is 2. The van der Waals surface area contributed by atoms with Crippen molar-refractivity contribution >= 4 is 65.8 Å². The summed E-state index contributed by atoms with van der Waals surface area (Å²) in [5.74, 6) is 0. The van der Waals surface area contributed by atoms with Gasteiger partial charge in [0.25, 0.3) is 0 Å². The average Bonchev–Trinajstić information content (AvgIpc) is 3.64. The minimum atomic E-state index is 0.892. The van der Waals surface area contributed by atoms with Crippen molar-refractivity contribution in [2.45, 2.75) is 20.3 Å². The van der Waals surface area contributed by atoms with Crippen LogP contribution in [0.4, 0.5) is 0 Å². The molecule has 3 nitrogen and oxygen atoms in total. The van der Waals surface area contributed by atoms with Gasteiger partial charge in [-0.3, -0.25) is 9.97 Å². The molecule has 0 spiro atoms. The monoisotopic (exact) mass is 767 g/mol. The van der Waals surface area contributed by atoms with Crippen molar-refractivity contribution in [1.82, 2.24) is 14.5 Å². The van der Waals surface area contributed by atoms with Gasteiger partial charge in [0.1, 0.15) is 0 Å². The number of hydrogen-bond donors (Lipinski definition) is 0. The van der Waals surface area contributed by atoms with Crippen LogP contribution in [0.1, 0.15) is 30.0 Å². The molecule has 60 heavy (non-hydrogen) atoms. The summed E-state index contributed by atoms with van der Waals surface area (Å²) in [6.45, 7) is 4.48. The zero-order chi connectivity index (χ0) is 40.2. The standard InChI is InChI=1S/C57H41N3/c1-3-38(29-40-15-8-7-13-37(40)2)56-48-19-11-12-20-49(48)57(44-22-21-39-14-9-10-16-41(39)30-44)50-25-23-42(33-52(50)56)45-31-46(35-59-34-45)43-24-26-54-51(32-43)53-36-58-28-27-55(53)60(54)47-17-5-4-6-18-47/h4-36H,3H2,1-2H3/b38-29+. The molecule has 0 radical (unpaired) electrons. The Balaban J connectivity index is 1.12. The Morgan fingerprint density at radius 3 is 1.97 bits per heavy atom. The molecule has 0 saturated heterocycles. The Bertz CT molecular complexity index is 3480. The molecule has 8 aromatic carbocycles. The van der Waals surface area contributed by atoms with E-state index in [4.69, 9.17) is 4.98 Å². The van der Waals surface area contributed by atoms with E-state index < -0.39 is 0 Å². The SMILES string of the molecule is CC/C(=C\c1ccccc1C)c1c2ccccc2c(-c2ccc3ccccc3c2)c2ccc(-c3cncc(-c4ccc5c(c4)c4cnccc4n5-c4ccccc4)c3)cc12. The van der Waals surface area contributed by atoms with Crippen LogP contribution in [0.15, 0.2) is 195 Å². The van der Waals surface area contributed by atoms with Crippen molar-refractivity contribution < 1.29 is 0 Å². The minimum Gasteiger partial charge on any atom is -0.309 e. The maximum Gasteiger partial charge on any atom is 0.0571 e. The summed E-state index contributed by atoms with van der Waals surface area (Å²) < 4.78 is 2.32. The second-order valence-corrected chi connectivity index (χ2v) is 15.8. The quantitative estimate of drug-likeness (QED) is 0.119. The number of rotatable bonds is 7. The second kappa shape index (κ2) is 14.6. The van der Waals surface area contributed by atoms with Crippen LogP contribution in [0.3, 0.4) is 0 Å². The molecule has 0 fully saturated rings. The fraction of sp³-hybridized carbons (Fsp3) is 0.0526. The van der Waals surface area contributed by atoms with Gasteiger partial charge in [0.15, 0.2) is 0 Å². The van der Waals surface area contributed by atoms with Crippen molar-refractivity contribution in [3.63, 3.8) is 0 Å². The lowest BCUT2D eigenvalue weighted by Crippen LogP contribution is -1.95. The maximum absolute atomic E-state index is 4.87. The normalized spacial score (nSPS) is 12.0. The molecule has 0 aliphatic heterocycles. The molecule has 0 saturated carbocycles. The molecule has 3 heteroatoms. The first-order valence-corrected chi connectivity index (χ1v) is 20.8. The third kappa shape index (κ3) is 5.98. The van der Waals surface area contributed by atoms with E-state index in [-0.39, 0.29) is 0 Å². The Labute approximate surface area is 349 Å². The van der Waals surface area contributed by atoms with Crippen LogP contribution in [-0.2, 0) is 0 Å². The van der Waals surface area contributed by atoms with Gasteiger partial charge >= 0.3 is 0 Å². The molecule has 284 valence electrons. The molecule has 0 amide bonds. The van der Waals surface area contributed by atoms with Gasteiger partial charge in [-0.2, -0.15) is 0 Å². The van der Waals surface area contributed by atoms with Crippen LogP contribution in [0.5, 0.6) is 0 Å². The van der Waals surface area contributed by atoms with Crippen molar-refractivity contribution in [3.05, 3.63) is 211 Å². The van der Waals surface area contributed by atoms with Crippen LogP contribution < -0.4 is 0 Å². The van der Waals surface area contributed by atoms with Crippen molar-refractivity contribution in [1.29, 1.82) is 0 Å². The number of fused-ring (bicyclic) bond motifs is 6. The fourth-order valence-corrected chi connectivity index (χ4v) is 9.30. The average molecular weight is 768 g/mol. The highest BCUT2D eigenvalue weighted by atomic mass is 15.0. The predicted octanol–water partition coefficient (Wildman–Crippen LogP) is 15.3. The van der Waals surface area contributed by atoms with Gasteiger partial charge in [0.2, 0.25) is 0 Å². The van der Waals surface area contributed by atoms with E-state index >= 15 is 0 Å². The summed E-state index contributed by atoms with van der Waals surface area (Å²) in [6.07, 6.45) is 11.1. The highest BCUT2D eigenvalue weighted by molar-refractivity contribution is 6.21. The Morgan fingerprint density at radius 1 is 0.483 bits per heavy atom. The molecule has 0 N–H and O–H groups in total. The van der Waals surface area contributed by atoms with Gasteiger partial charge in [0.05, 0.1) is 11.0 Å². The Hall–Kier alpha value is -7.62. The van der Waals surface area contributed by atoms with Crippen molar-refractivity contribution in [2.24, 2.45) is 0 Å². The van der Waals surface area contributed by atoms with E-state index in [0.717, 1.165) is 50.8 Å². The zero-order valence-corrected chi connectivity index (χ0v) is 33.6.